The molecule has 1 amide bonds. The number of halogens is 1. The van der Waals surface area contributed by atoms with Gasteiger partial charge in [-0.15, -0.1) is 0 Å². The first-order valence-corrected chi connectivity index (χ1v) is 6.39. The molecule has 104 valence electrons. The molecule has 4 nitrogen and oxygen atoms in total. The topological polar surface area (TPSA) is 38.8 Å². The fraction of sp³-hybridized carbons (Fsp3) is 0.500. The highest BCUT2D eigenvalue weighted by Gasteiger charge is 2.20. The number of nitrogens with zero attached hydrogens (tertiary/aromatic N) is 1. The highest BCUT2D eigenvalue weighted by atomic mass is 19.1. The van der Waals surface area contributed by atoms with E-state index < -0.39 is 0 Å². The van der Waals surface area contributed by atoms with Crippen molar-refractivity contribution in [3.8, 4) is 5.75 Å². The maximum atomic E-state index is 12.7. The fourth-order valence-electron chi connectivity index (χ4n) is 1.98. The van der Waals surface area contributed by atoms with E-state index in [1.54, 1.807) is 11.9 Å². The molecule has 0 N–H and O–H groups in total. The summed E-state index contributed by atoms with van der Waals surface area (Å²) in [6, 6.07) is 5.61. The van der Waals surface area contributed by atoms with Crippen molar-refractivity contribution < 1.29 is 18.7 Å². The van der Waals surface area contributed by atoms with E-state index in [1.165, 1.54) is 24.3 Å². The minimum Gasteiger partial charge on any atom is -0.484 e. The van der Waals surface area contributed by atoms with Gasteiger partial charge in [-0.1, -0.05) is 0 Å². The van der Waals surface area contributed by atoms with Gasteiger partial charge in [0.1, 0.15) is 11.6 Å². The molecule has 1 aliphatic rings. The van der Waals surface area contributed by atoms with Crippen molar-refractivity contribution >= 4 is 5.91 Å². The Kier molecular flexibility index (Phi) is 4.74. The zero-order valence-electron chi connectivity index (χ0n) is 11.0. The smallest absolute Gasteiger partial charge is 0.260 e. The number of likely N-dealkylation sites (N-methyl/N-ethyl adjacent to an activating group) is 1. The zero-order chi connectivity index (χ0) is 13.7. The molecule has 1 aromatic rings. The largest absolute Gasteiger partial charge is 0.484 e. The Bertz CT molecular complexity index is 415. The standard InChI is InChI=1S/C14H18FNO3/c1-16(9-13-3-2-8-18-13)14(17)10-19-12-6-4-11(15)5-7-12/h4-7,13H,2-3,8-10H2,1H3. The van der Waals surface area contributed by atoms with Crippen LogP contribution >= 0.6 is 0 Å². The minimum atomic E-state index is -0.325. The summed E-state index contributed by atoms with van der Waals surface area (Å²) in [6.07, 6.45) is 2.19. The van der Waals surface area contributed by atoms with Crippen LogP contribution in [0.2, 0.25) is 0 Å². The molecule has 0 bridgehead atoms. The van der Waals surface area contributed by atoms with Gasteiger partial charge in [0.15, 0.2) is 6.61 Å². The van der Waals surface area contributed by atoms with Gasteiger partial charge in [-0.05, 0) is 37.1 Å². The van der Waals surface area contributed by atoms with Crippen molar-refractivity contribution in [1.29, 1.82) is 0 Å². The molecule has 0 radical (unpaired) electrons. The normalized spacial score (nSPS) is 18.3. The second-order valence-corrected chi connectivity index (χ2v) is 4.65. The molecule has 1 saturated heterocycles. The lowest BCUT2D eigenvalue weighted by atomic mass is 10.2. The van der Waals surface area contributed by atoms with Crippen LogP contribution in [-0.4, -0.2) is 43.7 Å². The van der Waals surface area contributed by atoms with Crippen LogP contribution in [0.4, 0.5) is 4.39 Å². The number of rotatable bonds is 5. The highest BCUT2D eigenvalue weighted by Crippen LogP contribution is 2.13. The maximum Gasteiger partial charge on any atom is 0.260 e. The second-order valence-electron chi connectivity index (χ2n) is 4.65. The third kappa shape index (κ3) is 4.21. The summed E-state index contributed by atoms with van der Waals surface area (Å²) in [5.41, 5.74) is 0. The predicted octanol–water partition coefficient (Wildman–Crippen LogP) is 1.84. The lowest BCUT2D eigenvalue weighted by Gasteiger charge is -2.20. The monoisotopic (exact) mass is 267 g/mol. The number of hydrogen-bond acceptors (Lipinski definition) is 3. The van der Waals surface area contributed by atoms with Crippen LogP contribution in [0.5, 0.6) is 5.75 Å². The highest BCUT2D eigenvalue weighted by molar-refractivity contribution is 5.77. The molecular formula is C14H18FNO3. The molecule has 1 heterocycles. The van der Waals surface area contributed by atoms with Crippen LogP contribution in [0.15, 0.2) is 24.3 Å². The zero-order valence-corrected chi connectivity index (χ0v) is 11.0. The molecule has 5 heteroatoms. The molecule has 0 aliphatic carbocycles. The first-order chi connectivity index (χ1) is 9.15. The van der Waals surface area contributed by atoms with Crippen LogP contribution < -0.4 is 4.74 Å². The molecule has 19 heavy (non-hydrogen) atoms. The Balaban J connectivity index is 1.75. The number of hydrogen-bond donors (Lipinski definition) is 0. The van der Waals surface area contributed by atoms with Gasteiger partial charge in [-0.25, -0.2) is 4.39 Å². The Labute approximate surface area is 112 Å². The summed E-state index contributed by atoms with van der Waals surface area (Å²) >= 11 is 0. The molecule has 1 aromatic carbocycles. The van der Waals surface area contributed by atoms with E-state index in [4.69, 9.17) is 9.47 Å². The van der Waals surface area contributed by atoms with Gasteiger partial charge in [-0.2, -0.15) is 0 Å². The van der Waals surface area contributed by atoms with Gasteiger partial charge in [0.2, 0.25) is 0 Å². The SMILES string of the molecule is CN(CC1CCCO1)C(=O)COc1ccc(F)cc1. The Morgan fingerprint density at radius 1 is 1.47 bits per heavy atom. The third-order valence-electron chi connectivity index (χ3n) is 3.10. The minimum absolute atomic E-state index is 0.0468. The molecule has 2 rings (SSSR count). The predicted molar refractivity (Wildman–Crippen MR) is 68.5 cm³/mol. The van der Waals surface area contributed by atoms with Crippen molar-refractivity contribution in [3.05, 3.63) is 30.1 Å². The van der Waals surface area contributed by atoms with Crippen LogP contribution in [-0.2, 0) is 9.53 Å². The first kappa shape index (κ1) is 13.8. The van der Waals surface area contributed by atoms with Crippen LogP contribution in [0.25, 0.3) is 0 Å². The van der Waals surface area contributed by atoms with Crippen LogP contribution in [0.3, 0.4) is 0 Å². The maximum absolute atomic E-state index is 12.7. The van der Waals surface area contributed by atoms with Gasteiger partial charge < -0.3 is 14.4 Å². The number of benzene rings is 1. The summed E-state index contributed by atoms with van der Waals surface area (Å²) in [5.74, 6) is 0.0502. The number of amides is 1. The van der Waals surface area contributed by atoms with Crippen molar-refractivity contribution in [1.82, 2.24) is 4.90 Å². The van der Waals surface area contributed by atoms with E-state index in [1.807, 2.05) is 0 Å². The van der Waals surface area contributed by atoms with Gasteiger partial charge in [-0.3, -0.25) is 4.79 Å². The van der Waals surface area contributed by atoms with Crippen molar-refractivity contribution in [2.75, 3.05) is 26.8 Å². The summed E-state index contributed by atoms with van der Waals surface area (Å²) in [5, 5.41) is 0. The van der Waals surface area contributed by atoms with Crippen molar-refractivity contribution in [3.63, 3.8) is 0 Å². The summed E-state index contributed by atoms with van der Waals surface area (Å²) in [6.45, 7) is 1.32. The van der Waals surface area contributed by atoms with Gasteiger partial charge >= 0.3 is 0 Å². The molecular weight excluding hydrogens is 249 g/mol. The number of carbonyl (C=O) groups is 1. The van der Waals surface area contributed by atoms with Gasteiger partial charge in [0, 0.05) is 20.2 Å². The summed E-state index contributed by atoms with van der Waals surface area (Å²) < 4.78 is 23.5. The average molecular weight is 267 g/mol. The lowest BCUT2D eigenvalue weighted by Crippen LogP contribution is -2.37. The Hall–Kier alpha value is -1.62. The molecule has 0 spiro atoms. The Morgan fingerprint density at radius 3 is 2.84 bits per heavy atom. The van der Waals surface area contributed by atoms with E-state index in [2.05, 4.69) is 0 Å². The van der Waals surface area contributed by atoms with Crippen molar-refractivity contribution in [2.24, 2.45) is 0 Å². The van der Waals surface area contributed by atoms with Crippen LogP contribution in [0, 0.1) is 5.82 Å². The first-order valence-electron chi connectivity index (χ1n) is 6.39. The third-order valence-corrected chi connectivity index (χ3v) is 3.10. The van der Waals surface area contributed by atoms with Crippen molar-refractivity contribution in [2.45, 2.75) is 18.9 Å². The molecule has 0 aromatic heterocycles. The average Bonchev–Trinajstić information content (AvgIpc) is 2.90. The van der Waals surface area contributed by atoms with Gasteiger partial charge in [0.05, 0.1) is 6.10 Å². The van der Waals surface area contributed by atoms with Crippen LogP contribution in [0.1, 0.15) is 12.8 Å². The van der Waals surface area contributed by atoms with E-state index in [0.29, 0.717) is 12.3 Å². The van der Waals surface area contributed by atoms with Gasteiger partial charge in [0.25, 0.3) is 5.91 Å². The number of ether oxygens (including phenoxy) is 2. The molecule has 1 atom stereocenters. The molecule has 1 unspecified atom stereocenters. The summed E-state index contributed by atoms with van der Waals surface area (Å²) in [4.78, 5) is 13.5. The fourth-order valence-corrected chi connectivity index (χ4v) is 1.98. The molecule has 1 fully saturated rings. The van der Waals surface area contributed by atoms with E-state index in [9.17, 15) is 9.18 Å². The quantitative estimate of drug-likeness (QED) is 0.817. The van der Waals surface area contributed by atoms with E-state index >= 15 is 0 Å². The molecule has 1 aliphatic heterocycles. The second kappa shape index (κ2) is 6.52. The van der Waals surface area contributed by atoms with E-state index in [-0.39, 0.29) is 24.4 Å². The Morgan fingerprint density at radius 2 is 2.21 bits per heavy atom. The van der Waals surface area contributed by atoms with E-state index in [0.717, 1.165) is 19.4 Å². The lowest BCUT2D eigenvalue weighted by molar-refractivity contribution is -0.133. The number of carbonyl (C=O) groups excluding carboxylic acids is 1. The summed E-state index contributed by atoms with van der Waals surface area (Å²) in [7, 11) is 1.73. The molecule has 0 saturated carbocycles.